The van der Waals surface area contributed by atoms with Crippen molar-refractivity contribution in [1.82, 2.24) is 45.5 Å². The third-order valence-corrected chi connectivity index (χ3v) is 24.2. The fourth-order valence-electron chi connectivity index (χ4n) is 18.1. The van der Waals surface area contributed by atoms with Crippen molar-refractivity contribution in [1.29, 1.82) is 0 Å². The van der Waals surface area contributed by atoms with Crippen LogP contribution in [0.4, 0.5) is 26.2 Å². The van der Waals surface area contributed by atoms with Crippen LogP contribution in [0.1, 0.15) is 147 Å². The molecular weight excluding hydrogens is 1500 g/mol. The first-order valence-corrected chi connectivity index (χ1v) is 39.8. The monoisotopic (exact) mass is 1600 g/mol. The van der Waals surface area contributed by atoms with Crippen LogP contribution in [0.15, 0.2) is 121 Å². The fraction of sp³-hybridized carbons (Fsp3) is 0.470. The first kappa shape index (κ1) is 82.2. The summed E-state index contributed by atoms with van der Waals surface area (Å²) in [5.41, 5.74) is 10.5. The number of thiazole rings is 1. The molecule has 9 amide bonds. The van der Waals surface area contributed by atoms with Crippen LogP contribution in [-0.4, -0.2) is 196 Å². The third-order valence-electron chi connectivity index (χ3n) is 23.2. The van der Waals surface area contributed by atoms with Crippen molar-refractivity contribution in [3.8, 4) is 16.9 Å². The maximum atomic E-state index is 14.6. The molecule has 32 heteroatoms. The van der Waals surface area contributed by atoms with Gasteiger partial charge in [0.25, 0.3) is 17.7 Å². The average molecular weight is 1600 g/mol. The van der Waals surface area contributed by atoms with Crippen LogP contribution in [0.2, 0.25) is 0 Å². The molecule has 4 aromatic carbocycles. The molecule has 5 fully saturated rings. The van der Waals surface area contributed by atoms with E-state index >= 15 is 0 Å². The Morgan fingerprint density at radius 2 is 1.55 bits per heavy atom. The van der Waals surface area contributed by atoms with Crippen molar-refractivity contribution < 1.29 is 87.6 Å². The first-order chi connectivity index (χ1) is 55.0. The number of amides is 9. The minimum absolute atomic E-state index is 0.0383. The van der Waals surface area contributed by atoms with E-state index in [1.165, 1.54) is 28.4 Å². The molecule has 3 aromatic heterocycles. The molecule has 1 saturated heterocycles. The molecule has 12 N–H and O–H groups in total. The van der Waals surface area contributed by atoms with E-state index in [-0.39, 0.29) is 110 Å². The van der Waals surface area contributed by atoms with Crippen molar-refractivity contribution >= 4 is 91.7 Å². The Labute approximate surface area is 668 Å². The zero-order valence-electron chi connectivity index (χ0n) is 64.9. The minimum Gasteiger partial charge on any atom is -0.476 e. The summed E-state index contributed by atoms with van der Waals surface area (Å²) in [7, 11) is 0. The standard InChI is InChI=1S/C83H99N13O18S/c1-48(2)67(91-64(98)18-7-6-10-33-95-65(99)29-30-66(95)100)74(106)88-60(16-12-32-85-77(84)109)73(105)87-53-23-19-51(20-24-53)41-111-79(110)94(38-50-21-25-54(26-22-50)113-76-71(103)70(102)69(101)61(40-97)114-76)35-36-112-83-44-80(4)42-81(83,5)45-82(43-80,46-83)47-96-49(3)57(37-86-96)55-27-28-63(90-68(55)75(107)108)93-34-31-52-13-11-14-56(58(52)39-93)72(104)92-78-89-59-15-8-9-17-62(59)115-78/h8-9,11,13-15,17,19-30,37,48,60-61,67,69-71,76,97,101-103H,6-7,10,12,16,18,31-36,38-47H2,1-5H3,(H,87,105)(H,88,106)(H,91,98)(H,107,108)(H3,84,85,109)(H,89,92,104)/t60-,61+,67-,69+,70-,71+,76-,80?,81?,82?,83?/m0/s1. The number of carbonyl (C=O) groups is 9. The van der Waals surface area contributed by atoms with E-state index < -0.39 is 90.8 Å². The summed E-state index contributed by atoms with van der Waals surface area (Å²) in [5, 5.41) is 71.5. The quantitative estimate of drug-likeness (QED) is 0.0136. The molecule has 115 heavy (non-hydrogen) atoms. The fourth-order valence-corrected chi connectivity index (χ4v) is 18.9. The smallest absolute Gasteiger partial charge is 0.410 e. The number of rotatable bonds is 34. The summed E-state index contributed by atoms with van der Waals surface area (Å²) < 4.78 is 27.7. The molecular formula is C83H99N13O18S. The van der Waals surface area contributed by atoms with Gasteiger partial charge in [-0.1, -0.05) is 94.0 Å². The maximum Gasteiger partial charge on any atom is 0.410 e. The number of fused-ring (bicyclic) bond motifs is 2. The largest absolute Gasteiger partial charge is 0.476 e. The van der Waals surface area contributed by atoms with Crippen LogP contribution in [-0.2, 0) is 70.8 Å². The minimum atomic E-state index is -1.66. The van der Waals surface area contributed by atoms with Gasteiger partial charge in [0.1, 0.15) is 54.7 Å². The van der Waals surface area contributed by atoms with Gasteiger partial charge < -0.3 is 81.3 Å². The van der Waals surface area contributed by atoms with E-state index in [4.69, 9.17) is 34.8 Å². The van der Waals surface area contributed by atoms with E-state index in [0.717, 1.165) is 57.6 Å². The van der Waals surface area contributed by atoms with Gasteiger partial charge in [0.15, 0.2) is 10.8 Å². The van der Waals surface area contributed by atoms with Crippen LogP contribution >= 0.6 is 11.3 Å². The molecule has 4 bridgehead atoms. The number of imide groups is 1. The number of benzene rings is 4. The molecule has 4 saturated carbocycles. The molecule has 31 nitrogen and oxygen atoms in total. The van der Waals surface area contributed by atoms with Crippen molar-refractivity contribution in [2.75, 3.05) is 54.9 Å². The van der Waals surface area contributed by atoms with Gasteiger partial charge in [0.2, 0.25) is 24.0 Å². The van der Waals surface area contributed by atoms with Gasteiger partial charge in [0, 0.05) is 92.5 Å². The lowest BCUT2D eigenvalue weighted by Gasteiger charge is -2.46. The topological polar surface area (TPSA) is 431 Å². The second kappa shape index (κ2) is 34.8. The van der Waals surface area contributed by atoms with Crippen molar-refractivity contribution in [2.24, 2.45) is 27.9 Å². The summed E-state index contributed by atoms with van der Waals surface area (Å²) in [4.78, 5) is 132. The molecule has 0 spiro atoms. The number of ether oxygens (including phenoxy) is 4. The van der Waals surface area contributed by atoms with Gasteiger partial charge in [-0.25, -0.2) is 24.4 Å². The molecule has 4 unspecified atom stereocenters. The number of anilines is 3. The van der Waals surface area contributed by atoms with Crippen LogP contribution in [0.25, 0.3) is 21.3 Å². The molecule has 7 aliphatic rings. The number of urea groups is 1. The number of carboxylic acid groups (broad SMARTS) is 1. The summed E-state index contributed by atoms with van der Waals surface area (Å²) in [6, 6.07) is 27.2. The maximum absolute atomic E-state index is 14.6. The lowest BCUT2D eigenvalue weighted by atomic mass is 9.60. The number of hydrogen-bond acceptors (Lipinski definition) is 22. The molecule has 6 heterocycles. The van der Waals surface area contributed by atoms with Crippen LogP contribution in [0, 0.1) is 29.1 Å². The number of aromatic nitrogens is 4. The van der Waals surface area contributed by atoms with Crippen LogP contribution in [0.3, 0.4) is 0 Å². The molecule has 14 rings (SSSR count). The number of carbonyl (C=O) groups excluding carboxylic acids is 8. The number of pyridine rings is 1. The zero-order chi connectivity index (χ0) is 81.7. The van der Waals surface area contributed by atoms with E-state index in [2.05, 4.69) is 45.4 Å². The Bertz CT molecular complexity index is 4790. The number of nitrogens with two attached hydrogens (primary N) is 1. The average Bonchev–Trinajstić information content (AvgIpc) is 1.50. The van der Waals surface area contributed by atoms with Gasteiger partial charge >= 0.3 is 18.1 Å². The van der Waals surface area contributed by atoms with Gasteiger partial charge in [0.05, 0.1) is 35.2 Å². The van der Waals surface area contributed by atoms with Gasteiger partial charge in [-0.2, -0.15) is 5.10 Å². The Balaban J connectivity index is 0.660. The molecule has 610 valence electrons. The Kier molecular flexibility index (Phi) is 24.9. The summed E-state index contributed by atoms with van der Waals surface area (Å²) >= 11 is 1.40. The highest BCUT2D eigenvalue weighted by molar-refractivity contribution is 7.22. The highest BCUT2D eigenvalue weighted by Gasteiger charge is 2.74. The first-order valence-electron chi connectivity index (χ1n) is 39.0. The van der Waals surface area contributed by atoms with Gasteiger partial charge in [-0.05, 0) is 170 Å². The number of aliphatic hydroxyl groups excluding tert-OH is 4. The third kappa shape index (κ3) is 18.5. The van der Waals surface area contributed by atoms with E-state index in [0.29, 0.717) is 96.2 Å². The van der Waals surface area contributed by atoms with E-state index in [1.807, 2.05) is 59.0 Å². The van der Waals surface area contributed by atoms with Crippen molar-refractivity contribution in [3.05, 3.63) is 161 Å². The number of para-hydroxylation sites is 1. The van der Waals surface area contributed by atoms with Crippen LogP contribution < -0.4 is 42.0 Å². The summed E-state index contributed by atoms with van der Waals surface area (Å²) in [6.07, 6.45) is 2.62. The number of nitrogens with one attached hydrogen (secondary N) is 5. The second-order valence-electron chi connectivity index (χ2n) is 32.2. The Morgan fingerprint density at radius 3 is 2.28 bits per heavy atom. The van der Waals surface area contributed by atoms with E-state index in [1.54, 1.807) is 80.7 Å². The summed E-state index contributed by atoms with van der Waals surface area (Å²) in [5.74, 6) is -3.52. The van der Waals surface area contributed by atoms with Crippen molar-refractivity contribution in [3.63, 3.8) is 0 Å². The molecule has 11 atom stereocenters. The highest BCUT2D eigenvalue weighted by atomic mass is 32.1. The van der Waals surface area contributed by atoms with Gasteiger partial charge in [-0.3, -0.25) is 43.7 Å². The lowest BCUT2D eigenvalue weighted by Crippen LogP contribution is -2.60. The molecule has 3 aliphatic heterocycles. The Morgan fingerprint density at radius 1 is 0.791 bits per heavy atom. The number of aromatic carboxylic acids is 1. The zero-order valence-corrected chi connectivity index (χ0v) is 65.7. The molecule has 7 aromatic rings. The van der Waals surface area contributed by atoms with E-state index in [9.17, 15) is 68.7 Å². The van der Waals surface area contributed by atoms with Crippen molar-refractivity contribution in [2.45, 2.75) is 186 Å². The number of primary amides is 1. The second-order valence-corrected chi connectivity index (χ2v) is 33.2. The number of carboxylic acids is 1. The van der Waals surface area contributed by atoms with Crippen LogP contribution in [0.5, 0.6) is 5.75 Å². The molecule has 0 radical (unpaired) electrons. The predicted molar refractivity (Wildman–Crippen MR) is 423 cm³/mol. The summed E-state index contributed by atoms with van der Waals surface area (Å²) in [6.45, 7) is 11.3. The normalized spacial score (nSPS) is 23.7. The van der Waals surface area contributed by atoms with Gasteiger partial charge in [-0.15, -0.1) is 0 Å². The predicted octanol–water partition coefficient (Wildman–Crippen LogP) is 7.64. The Hall–Kier alpha value is -10.7. The SMILES string of the molecule is Cc1c(-c2ccc(N3CCc4cccc(C(=O)Nc5nc6ccccc6s5)c4C3)nc2C(=O)O)cnn1CC12CC3(C)CC(C)(C1)C(OCCN(Cc1ccc(O[C@H]4O[C@H](CO)[C@@H](O)[C@H](O)[C@H]4O)cc1)C(=O)OCc1ccc(NC(=O)[C@H](CCCNC(N)=O)NC(=O)[C@@H](NC(=O)CCCCCN4C(=O)C=CC4=O)C(C)C)cc1)(C3)C2. The number of nitrogens with zero attached hydrogens (tertiary/aromatic N) is 7. The number of unbranched alkanes of at least 4 members (excludes halogenated alkanes) is 2. The highest BCUT2D eigenvalue weighted by Crippen LogP contribution is 2.77. The number of hydrogen-bond donors (Lipinski definition) is 11. The number of aliphatic hydroxyl groups is 4. The molecule has 4 aliphatic carbocycles. The lowest BCUT2D eigenvalue weighted by molar-refractivity contribution is -0.277.